The highest BCUT2D eigenvalue weighted by molar-refractivity contribution is 9.10. The average molecular weight is 668 g/mol. The van der Waals surface area contributed by atoms with Crippen LogP contribution in [0.2, 0.25) is 0 Å². The van der Waals surface area contributed by atoms with Crippen LogP contribution in [0, 0.1) is 0 Å². The molecule has 0 unspecified atom stereocenters. The van der Waals surface area contributed by atoms with Gasteiger partial charge in [0.1, 0.15) is 12.4 Å². The number of benzene rings is 3. The lowest BCUT2D eigenvalue weighted by Crippen LogP contribution is -2.45. The number of amides is 1. The molecule has 0 bridgehead atoms. The minimum Gasteiger partial charge on any atom is -0.493 e. The summed E-state index contributed by atoms with van der Waals surface area (Å²) in [7, 11) is 1.55. The Morgan fingerprint density at radius 2 is 1.79 bits per heavy atom. The Labute approximate surface area is 263 Å². The van der Waals surface area contributed by atoms with Crippen molar-refractivity contribution in [3.05, 3.63) is 99.2 Å². The number of ether oxygens (including phenoxy) is 4. The van der Waals surface area contributed by atoms with Crippen LogP contribution < -0.4 is 30.3 Å². The lowest BCUT2D eigenvalue weighted by atomic mass is 9.95. The standard InChI is InChI=1S/C31H31BrN4O6S/c1-4-40-30(38)28-19(2)34-31(43)35-29(28)22-12-8-9-13-24(22)42-18-27(37)36-33-16-21-14-25(39-3)26(15-23(21)32)41-17-20-10-6-5-7-11-20/h5-16,29H,4,17-18H2,1-3H3,(H,36,37)(H2,34,35,43)/t29-/m1/s1. The maximum Gasteiger partial charge on any atom is 0.338 e. The van der Waals surface area contributed by atoms with Crippen molar-refractivity contribution in [1.82, 2.24) is 16.1 Å². The molecule has 0 aliphatic carbocycles. The third-order valence-electron chi connectivity index (χ3n) is 6.27. The van der Waals surface area contributed by atoms with Crippen molar-refractivity contribution in [2.24, 2.45) is 5.10 Å². The molecule has 0 radical (unpaired) electrons. The van der Waals surface area contributed by atoms with Gasteiger partial charge in [-0.2, -0.15) is 5.10 Å². The van der Waals surface area contributed by atoms with Gasteiger partial charge in [-0.3, -0.25) is 4.79 Å². The van der Waals surface area contributed by atoms with Crippen molar-refractivity contribution in [3.63, 3.8) is 0 Å². The Hall–Kier alpha value is -4.42. The van der Waals surface area contributed by atoms with Crippen LogP contribution in [0.4, 0.5) is 0 Å². The molecule has 3 aromatic rings. The summed E-state index contributed by atoms with van der Waals surface area (Å²) in [5, 5.41) is 10.5. The monoisotopic (exact) mass is 666 g/mol. The van der Waals surface area contributed by atoms with E-state index < -0.39 is 17.9 Å². The number of nitrogens with zero attached hydrogens (tertiary/aromatic N) is 1. The number of hydrazone groups is 1. The van der Waals surface area contributed by atoms with Gasteiger partial charge in [-0.25, -0.2) is 10.2 Å². The van der Waals surface area contributed by atoms with Gasteiger partial charge in [0, 0.05) is 21.3 Å². The van der Waals surface area contributed by atoms with Gasteiger partial charge in [-0.1, -0.05) is 48.5 Å². The number of halogens is 1. The van der Waals surface area contributed by atoms with Crippen LogP contribution in [0.1, 0.15) is 36.6 Å². The van der Waals surface area contributed by atoms with Gasteiger partial charge in [-0.15, -0.1) is 0 Å². The molecule has 0 fully saturated rings. The van der Waals surface area contributed by atoms with Gasteiger partial charge in [0.15, 0.2) is 23.2 Å². The van der Waals surface area contributed by atoms with Gasteiger partial charge < -0.3 is 29.6 Å². The average Bonchev–Trinajstić information content (AvgIpc) is 3.00. The molecular formula is C31H31BrN4O6S. The second kappa shape index (κ2) is 15.2. The van der Waals surface area contributed by atoms with Crippen molar-refractivity contribution in [2.75, 3.05) is 20.3 Å². The maximum absolute atomic E-state index is 12.7. The molecule has 3 N–H and O–H groups in total. The Balaban J connectivity index is 1.40. The molecule has 0 spiro atoms. The number of nitrogens with one attached hydrogen (secondary N) is 3. The first-order valence-corrected chi connectivity index (χ1v) is 14.5. The molecule has 4 rings (SSSR count). The Morgan fingerprint density at radius 1 is 1.05 bits per heavy atom. The van der Waals surface area contributed by atoms with E-state index in [1.54, 1.807) is 51.3 Å². The zero-order valence-corrected chi connectivity index (χ0v) is 26.2. The summed E-state index contributed by atoms with van der Waals surface area (Å²) in [6.07, 6.45) is 1.48. The summed E-state index contributed by atoms with van der Waals surface area (Å²) >= 11 is 8.84. The number of rotatable bonds is 12. The van der Waals surface area contributed by atoms with Crippen LogP contribution in [-0.4, -0.2) is 43.5 Å². The Kier molecular flexibility index (Phi) is 11.1. The highest BCUT2D eigenvalue weighted by Gasteiger charge is 2.32. The molecule has 1 atom stereocenters. The quantitative estimate of drug-likeness (QED) is 0.107. The van der Waals surface area contributed by atoms with Crippen molar-refractivity contribution in [1.29, 1.82) is 0 Å². The Morgan fingerprint density at radius 3 is 2.53 bits per heavy atom. The first-order chi connectivity index (χ1) is 20.8. The lowest BCUT2D eigenvalue weighted by Gasteiger charge is -2.30. The van der Waals surface area contributed by atoms with E-state index in [9.17, 15) is 9.59 Å². The number of esters is 1. The maximum atomic E-state index is 12.7. The number of carbonyl (C=O) groups is 2. The minimum atomic E-state index is -0.628. The molecule has 224 valence electrons. The predicted molar refractivity (Wildman–Crippen MR) is 170 cm³/mol. The van der Waals surface area contributed by atoms with E-state index in [-0.39, 0.29) is 13.2 Å². The fraction of sp³-hybridized carbons (Fsp3) is 0.226. The number of carbonyl (C=O) groups excluding carboxylic acids is 2. The van der Waals surface area contributed by atoms with E-state index in [1.165, 1.54) is 6.21 Å². The highest BCUT2D eigenvalue weighted by Crippen LogP contribution is 2.34. The largest absolute Gasteiger partial charge is 0.493 e. The molecular weight excluding hydrogens is 636 g/mol. The number of hydrogen-bond donors (Lipinski definition) is 3. The third-order valence-corrected chi connectivity index (χ3v) is 7.17. The van der Waals surface area contributed by atoms with E-state index in [2.05, 4.69) is 37.1 Å². The summed E-state index contributed by atoms with van der Waals surface area (Å²) in [6, 6.07) is 19.8. The van der Waals surface area contributed by atoms with Crippen molar-refractivity contribution < 1.29 is 28.5 Å². The van der Waals surface area contributed by atoms with E-state index in [0.29, 0.717) is 55.8 Å². The molecule has 43 heavy (non-hydrogen) atoms. The van der Waals surface area contributed by atoms with Gasteiger partial charge in [-0.05, 0) is 65.8 Å². The number of thiocarbonyl (C=S) groups is 1. The van der Waals surface area contributed by atoms with E-state index >= 15 is 0 Å². The predicted octanol–water partition coefficient (Wildman–Crippen LogP) is 4.92. The lowest BCUT2D eigenvalue weighted by molar-refractivity contribution is -0.139. The number of hydrogen-bond acceptors (Lipinski definition) is 8. The van der Waals surface area contributed by atoms with Crippen LogP contribution in [0.3, 0.4) is 0 Å². The minimum absolute atomic E-state index is 0.223. The van der Waals surface area contributed by atoms with Crippen LogP contribution in [-0.2, 0) is 20.9 Å². The van der Waals surface area contributed by atoms with Gasteiger partial charge in [0.25, 0.3) is 5.91 Å². The normalized spacial score (nSPS) is 14.5. The highest BCUT2D eigenvalue weighted by atomic mass is 79.9. The fourth-order valence-electron chi connectivity index (χ4n) is 4.26. The summed E-state index contributed by atoms with van der Waals surface area (Å²) < 4.78 is 23.2. The van der Waals surface area contributed by atoms with Gasteiger partial charge in [0.2, 0.25) is 0 Å². The zero-order valence-electron chi connectivity index (χ0n) is 23.8. The smallest absolute Gasteiger partial charge is 0.338 e. The molecule has 1 amide bonds. The van der Waals surface area contributed by atoms with Crippen molar-refractivity contribution >= 4 is 51.4 Å². The molecule has 3 aromatic carbocycles. The van der Waals surface area contributed by atoms with E-state index in [1.807, 2.05) is 36.4 Å². The number of methoxy groups -OCH3 is 1. The zero-order chi connectivity index (χ0) is 30.8. The van der Waals surface area contributed by atoms with Crippen molar-refractivity contribution in [3.8, 4) is 17.2 Å². The molecule has 0 aromatic heterocycles. The second-order valence-corrected chi connectivity index (χ2v) is 10.5. The summed E-state index contributed by atoms with van der Waals surface area (Å²) in [4.78, 5) is 25.3. The summed E-state index contributed by atoms with van der Waals surface area (Å²) in [5.74, 6) is 0.518. The SMILES string of the molecule is CCOC(=O)C1=C(C)NC(=S)N[C@@H]1c1ccccc1OCC(=O)NN=Cc1cc(OC)c(OCc2ccccc2)cc1Br. The van der Waals surface area contributed by atoms with Crippen molar-refractivity contribution in [2.45, 2.75) is 26.5 Å². The van der Waals surface area contributed by atoms with E-state index in [0.717, 1.165) is 5.56 Å². The third kappa shape index (κ3) is 8.33. The van der Waals surface area contributed by atoms with Crippen LogP contribution in [0.5, 0.6) is 17.2 Å². The topological polar surface area (TPSA) is 120 Å². The molecule has 1 aliphatic heterocycles. The van der Waals surface area contributed by atoms with Crippen LogP contribution >= 0.6 is 28.1 Å². The van der Waals surface area contributed by atoms with E-state index in [4.69, 9.17) is 31.2 Å². The molecule has 0 saturated carbocycles. The molecule has 12 heteroatoms. The first kappa shape index (κ1) is 31.5. The number of para-hydroxylation sites is 1. The second-order valence-electron chi connectivity index (χ2n) is 9.21. The van der Waals surface area contributed by atoms with Gasteiger partial charge in [0.05, 0.1) is 31.5 Å². The fourth-order valence-corrected chi connectivity index (χ4v) is 4.96. The van der Waals surface area contributed by atoms with Crippen LogP contribution in [0.15, 0.2) is 87.6 Å². The molecule has 1 heterocycles. The van der Waals surface area contributed by atoms with Gasteiger partial charge >= 0.3 is 5.97 Å². The summed E-state index contributed by atoms with van der Waals surface area (Å²) in [5.41, 5.74) is 5.73. The van der Waals surface area contributed by atoms with Crippen LogP contribution in [0.25, 0.3) is 0 Å². The number of allylic oxidation sites excluding steroid dienone is 1. The first-order valence-electron chi connectivity index (χ1n) is 13.3. The Bertz CT molecular complexity index is 1550. The molecule has 0 saturated heterocycles. The molecule has 10 nitrogen and oxygen atoms in total. The summed E-state index contributed by atoms with van der Waals surface area (Å²) in [6.45, 7) is 3.78. The molecule has 1 aliphatic rings.